The Hall–Kier alpha value is -1.13. The maximum absolute atomic E-state index is 11.2. The second kappa shape index (κ2) is 5.27. The van der Waals surface area contributed by atoms with E-state index >= 15 is 0 Å². The molecule has 0 radical (unpaired) electrons. The molecule has 16 heavy (non-hydrogen) atoms. The Morgan fingerprint density at radius 2 is 2.25 bits per heavy atom. The minimum Gasteiger partial charge on any atom is -0.619 e. The van der Waals surface area contributed by atoms with E-state index in [9.17, 15) is 5.21 Å². The molecule has 1 aromatic rings. The smallest absolute Gasteiger partial charge is 0.186 e. The number of rotatable bonds is 3. The highest BCUT2D eigenvalue weighted by Gasteiger charge is 2.26. The molecule has 0 N–H and O–H groups in total. The molecule has 2 rings (SSSR count). The van der Waals surface area contributed by atoms with Gasteiger partial charge in [-0.2, -0.15) is 4.73 Å². The fourth-order valence-electron chi connectivity index (χ4n) is 2.26. The molecule has 1 saturated heterocycles. The minimum atomic E-state index is 0.00491. The van der Waals surface area contributed by atoms with E-state index in [0.29, 0.717) is 5.92 Å². The highest BCUT2D eigenvalue weighted by Crippen LogP contribution is 2.31. The Morgan fingerprint density at radius 3 is 2.88 bits per heavy atom. The molecule has 4 heteroatoms. The van der Waals surface area contributed by atoms with Gasteiger partial charge in [0.2, 0.25) is 0 Å². The Balaban J connectivity index is 2.14. The highest BCUT2D eigenvalue weighted by molar-refractivity contribution is 5.11. The van der Waals surface area contributed by atoms with Crippen molar-refractivity contribution in [1.29, 1.82) is 0 Å². The second-order valence-corrected chi connectivity index (χ2v) is 4.10. The molecule has 0 amide bonds. The molecule has 0 aliphatic carbocycles. The van der Waals surface area contributed by atoms with Crippen molar-refractivity contribution in [3.05, 3.63) is 35.3 Å². The second-order valence-electron chi connectivity index (χ2n) is 4.10. The first-order valence-corrected chi connectivity index (χ1v) is 5.60. The summed E-state index contributed by atoms with van der Waals surface area (Å²) in [5.74, 6) is 0.446. The van der Waals surface area contributed by atoms with Crippen molar-refractivity contribution in [1.82, 2.24) is 0 Å². The van der Waals surface area contributed by atoms with Gasteiger partial charge in [-0.05, 0) is 24.8 Å². The van der Waals surface area contributed by atoms with Crippen molar-refractivity contribution in [3.63, 3.8) is 0 Å². The molecule has 0 bridgehead atoms. The molecule has 1 unspecified atom stereocenters. The van der Waals surface area contributed by atoms with E-state index in [4.69, 9.17) is 9.47 Å². The van der Waals surface area contributed by atoms with Crippen LogP contribution in [0.5, 0.6) is 0 Å². The zero-order valence-corrected chi connectivity index (χ0v) is 9.46. The molecule has 4 nitrogen and oxygen atoms in total. The van der Waals surface area contributed by atoms with Gasteiger partial charge in [-0.25, -0.2) is 0 Å². The summed E-state index contributed by atoms with van der Waals surface area (Å²) in [6.45, 7) is 1.57. The number of methoxy groups -OCH3 is 1. The fraction of sp³-hybridized carbons (Fsp3) is 0.583. The average Bonchev–Trinajstić information content (AvgIpc) is 2.31. The number of aromatic nitrogens is 1. The molecular formula is C12H17NO3. The normalized spacial score (nSPS) is 19.6. The summed E-state index contributed by atoms with van der Waals surface area (Å²) < 4.78 is 11.7. The van der Waals surface area contributed by atoms with Crippen molar-refractivity contribution < 1.29 is 14.2 Å². The predicted octanol–water partition coefficient (Wildman–Crippen LogP) is 1.43. The van der Waals surface area contributed by atoms with Crippen LogP contribution in [0.2, 0.25) is 0 Å². The predicted molar refractivity (Wildman–Crippen MR) is 58.7 cm³/mol. The van der Waals surface area contributed by atoms with Crippen LogP contribution in [-0.4, -0.2) is 20.3 Å². The van der Waals surface area contributed by atoms with Gasteiger partial charge in [-0.1, -0.05) is 0 Å². The van der Waals surface area contributed by atoms with E-state index in [2.05, 4.69) is 0 Å². The minimum absolute atomic E-state index is 0.00491. The van der Waals surface area contributed by atoms with Gasteiger partial charge in [0.15, 0.2) is 12.4 Å². The monoisotopic (exact) mass is 223 g/mol. The van der Waals surface area contributed by atoms with Gasteiger partial charge in [0.25, 0.3) is 0 Å². The van der Waals surface area contributed by atoms with Gasteiger partial charge in [-0.3, -0.25) is 0 Å². The zero-order chi connectivity index (χ0) is 11.4. The van der Waals surface area contributed by atoms with Gasteiger partial charge in [0.05, 0.1) is 6.10 Å². The number of nitrogens with zero attached hydrogens (tertiary/aromatic N) is 1. The van der Waals surface area contributed by atoms with Crippen LogP contribution in [0.1, 0.15) is 24.5 Å². The van der Waals surface area contributed by atoms with E-state index in [-0.39, 0.29) is 6.10 Å². The number of hydrogen-bond donors (Lipinski definition) is 0. The maximum atomic E-state index is 11.2. The summed E-state index contributed by atoms with van der Waals surface area (Å²) >= 11 is 0. The molecule has 0 saturated carbocycles. The Morgan fingerprint density at radius 1 is 1.50 bits per heavy atom. The number of hydrogen-bond acceptors (Lipinski definition) is 3. The van der Waals surface area contributed by atoms with Crippen LogP contribution in [0.25, 0.3) is 0 Å². The first-order chi connectivity index (χ1) is 7.81. The number of ether oxygens (including phenoxy) is 2. The van der Waals surface area contributed by atoms with Crippen molar-refractivity contribution in [2.24, 2.45) is 5.92 Å². The van der Waals surface area contributed by atoms with Crippen LogP contribution in [0, 0.1) is 11.1 Å². The van der Waals surface area contributed by atoms with Crippen LogP contribution < -0.4 is 4.73 Å². The van der Waals surface area contributed by atoms with E-state index in [1.807, 2.05) is 6.07 Å². The van der Waals surface area contributed by atoms with Crippen molar-refractivity contribution in [3.8, 4) is 0 Å². The lowest BCUT2D eigenvalue weighted by Crippen LogP contribution is -2.28. The number of pyridine rings is 1. The first-order valence-electron chi connectivity index (χ1n) is 5.60. The lowest BCUT2D eigenvalue weighted by molar-refractivity contribution is -0.606. The topological polar surface area (TPSA) is 45.4 Å². The molecule has 2 heterocycles. The van der Waals surface area contributed by atoms with Gasteiger partial charge in [-0.15, -0.1) is 0 Å². The van der Waals surface area contributed by atoms with E-state index in [1.165, 1.54) is 6.20 Å². The highest BCUT2D eigenvalue weighted by atomic mass is 16.5. The molecule has 1 aliphatic heterocycles. The van der Waals surface area contributed by atoms with Gasteiger partial charge in [0, 0.05) is 32.0 Å². The average molecular weight is 223 g/mol. The zero-order valence-electron chi connectivity index (χ0n) is 9.46. The first kappa shape index (κ1) is 11.4. The van der Waals surface area contributed by atoms with Gasteiger partial charge < -0.3 is 14.7 Å². The molecule has 1 aliphatic rings. The Bertz CT molecular complexity index is 337. The third kappa shape index (κ3) is 2.51. The third-order valence-electron chi connectivity index (χ3n) is 3.07. The van der Waals surface area contributed by atoms with E-state index < -0.39 is 0 Å². The van der Waals surface area contributed by atoms with Crippen LogP contribution in [0.4, 0.5) is 0 Å². The lowest BCUT2D eigenvalue weighted by Gasteiger charge is -2.28. The summed E-state index contributed by atoms with van der Waals surface area (Å²) in [4.78, 5) is 0. The molecule has 1 atom stereocenters. The summed E-state index contributed by atoms with van der Waals surface area (Å²) in [6.07, 6.45) is 5.06. The summed E-state index contributed by atoms with van der Waals surface area (Å²) in [6, 6.07) is 3.70. The maximum Gasteiger partial charge on any atom is 0.186 e. The van der Waals surface area contributed by atoms with Gasteiger partial charge in [0.1, 0.15) is 0 Å². The van der Waals surface area contributed by atoms with Crippen molar-refractivity contribution in [2.75, 3.05) is 20.3 Å². The van der Waals surface area contributed by atoms with Crippen LogP contribution in [0.3, 0.4) is 0 Å². The fourth-order valence-corrected chi connectivity index (χ4v) is 2.26. The van der Waals surface area contributed by atoms with Crippen LogP contribution in [-0.2, 0) is 9.47 Å². The van der Waals surface area contributed by atoms with E-state index in [1.54, 1.807) is 19.4 Å². The Kier molecular flexibility index (Phi) is 3.74. The van der Waals surface area contributed by atoms with Crippen LogP contribution >= 0.6 is 0 Å². The lowest BCUT2D eigenvalue weighted by atomic mass is 9.90. The van der Waals surface area contributed by atoms with E-state index in [0.717, 1.165) is 36.3 Å². The van der Waals surface area contributed by atoms with Crippen LogP contribution in [0.15, 0.2) is 24.5 Å². The summed E-state index contributed by atoms with van der Waals surface area (Å²) in [7, 11) is 1.70. The molecule has 88 valence electrons. The quantitative estimate of drug-likeness (QED) is 0.575. The Labute approximate surface area is 95.4 Å². The third-order valence-corrected chi connectivity index (χ3v) is 3.07. The molecular weight excluding hydrogens is 206 g/mol. The SMILES string of the molecule is COC(c1ccc[n+]([O-])c1)C1CCOCC1. The molecule has 0 spiro atoms. The van der Waals surface area contributed by atoms with Gasteiger partial charge >= 0.3 is 0 Å². The summed E-state index contributed by atoms with van der Waals surface area (Å²) in [5.41, 5.74) is 0.951. The molecule has 1 aromatic heterocycles. The molecule has 1 fully saturated rings. The summed E-state index contributed by atoms with van der Waals surface area (Å²) in [5, 5.41) is 11.2. The molecule has 0 aromatic carbocycles. The standard InChI is InChI=1S/C12H17NO3/c1-15-12(10-4-7-16-8-5-10)11-3-2-6-13(14)9-11/h2-3,6,9-10,12H,4-5,7-8H2,1H3. The van der Waals surface area contributed by atoms with Crippen molar-refractivity contribution >= 4 is 0 Å². The van der Waals surface area contributed by atoms with Crippen molar-refractivity contribution in [2.45, 2.75) is 18.9 Å². The largest absolute Gasteiger partial charge is 0.619 e.